The second-order valence-electron chi connectivity index (χ2n) is 6.47. The first kappa shape index (κ1) is 22.6. The van der Waals surface area contributed by atoms with Gasteiger partial charge in [-0.1, -0.05) is 17.3 Å². The largest absolute Gasteiger partial charge is 0.497 e. The van der Waals surface area contributed by atoms with Gasteiger partial charge < -0.3 is 19.9 Å². The molecule has 1 aromatic carbocycles. The van der Waals surface area contributed by atoms with Crippen LogP contribution in [0.15, 0.2) is 24.3 Å². The molecule has 0 saturated carbocycles. The number of nitrogens with zero attached hydrogens (tertiary/aromatic N) is 3. The Hall–Kier alpha value is -2.66. The fraction of sp³-hybridized carbons (Fsp3) is 0.500. The van der Waals surface area contributed by atoms with E-state index in [4.69, 9.17) is 19.4 Å². The first-order chi connectivity index (χ1) is 13.7. The zero-order valence-electron chi connectivity index (χ0n) is 16.1. The van der Waals surface area contributed by atoms with Gasteiger partial charge in [-0.05, 0) is 24.6 Å². The number of carbonyl (C=O) groups is 1. The number of hydrogen-bond acceptors (Lipinski definition) is 6. The van der Waals surface area contributed by atoms with Gasteiger partial charge in [0, 0.05) is 25.6 Å². The van der Waals surface area contributed by atoms with Crippen molar-refractivity contribution in [2.75, 3.05) is 20.3 Å². The molecule has 2 N–H and O–H groups in total. The van der Waals surface area contributed by atoms with Gasteiger partial charge in [0.2, 0.25) is 0 Å². The van der Waals surface area contributed by atoms with Crippen LogP contribution in [0, 0.1) is 12.8 Å². The number of methoxy groups -OCH3 is 1. The Labute approximate surface area is 165 Å². The molecule has 1 aliphatic heterocycles. The predicted octanol–water partition coefficient (Wildman–Crippen LogP) is 2.16. The van der Waals surface area contributed by atoms with E-state index < -0.39 is 12.1 Å². The van der Waals surface area contributed by atoms with Crippen molar-refractivity contribution in [3.63, 3.8) is 0 Å². The van der Waals surface area contributed by atoms with Crippen molar-refractivity contribution in [1.82, 2.24) is 20.3 Å². The minimum absolute atomic E-state index is 0.403. The van der Waals surface area contributed by atoms with Gasteiger partial charge in [0.25, 0.3) is 0 Å². The molecular formula is C18H23F3N4O4. The van der Waals surface area contributed by atoms with Crippen molar-refractivity contribution in [3.05, 3.63) is 41.2 Å². The van der Waals surface area contributed by atoms with Crippen molar-refractivity contribution in [2.24, 2.45) is 5.92 Å². The van der Waals surface area contributed by atoms with Gasteiger partial charge in [-0.15, -0.1) is 5.10 Å². The highest BCUT2D eigenvalue weighted by atomic mass is 19.4. The fourth-order valence-corrected chi connectivity index (χ4v) is 2.65. The molecule has 0 fully saturated rings. The average Bonchev–Trinajstić information content (AvgIpc) is 2.89. The van der Waals surface area contributed by atoms with Crippen LogP contribution in [0.5, 0.6) is 5.75 Å². The Bertz CT molecular complexity index is 793. The third-order valence-corrected chi connectivity index (χ3v) is 4.22. The smallest absolute Gasteiger partial charge is 0.490 e. The number of carboxylic acids is 1. The predicted molar refractivity (Wildman–Crippen MR) is 96.3 cm³/mol. The van der Waals surface area contributed by atoms with E-state index in [-0.39, 0.29) is 0 Å². The quantitative estimate of drug-likeness (QED) is 0.771. The summed E-state index contributed by atoms with van der Waals surface area (Å²) in [6.07, 6.45) is -5.08. The number of halogens is 3. The summed E-state index contributed by atoms with van der Waals surface area (Å²) in [4.78, 5) is 8.90. The molecule has 1 unspecified atom stereocenters. The van der Waals surface area contributed by atoms with Crippen LogP contribution in [-0.4, -0.2) is 52.5 Å². The second-order valence-corrected chi connectivity index (χ2v) is 6.47. The molecule has 0 spiro atoms. The van der Waals surface area contributed by atoms with E-state index in [1.54, 1.807) is 7.11 Å². The van der Waals surface area contributed by atoms with E-state index in [1.165, 1.54) is 5.56 Å². The highest BCUT2D eigenvalue weighted by molar-refractivity contribution is 5.73. The van der Waals surface area contributed by atoms with Crippen LogP contribution in [0.3, 0.4) is 0 Å². The lowest BCUT2D eigenvalue weighted by molar-refractivity contribution is -0.192. The molecule has 2 aromatic rings. The number of hydrogen-bond donors (Lipinski definition) is 2. The Morgan fingerprint density at radius 2 is 2.03 bits per heavy atom. The SMILES string of the molecule is COc1ccc(CNCC2COCc3c(C)nnn3C2)cc1.O=C(O)C(F)(F)F. The van der Waals surface area contributed by atoms with Crippen LogP contribution in [0.2, 0.25) is 0 Å². The summed E-state index contributed by atoms with van der Waals surface area (Å²) < 4.78 is 44.6. The molecule has 160 valence electrons. The van der Waals surface area contributed by atoms with E-state index in [0.29, 0.717) is 12.5 Å². The molecule has 8 nitrogen and oxygen atoms in total. The Balaban J connectivity index is 0.000000370. The van der Waals surface area contributed by atoms with Crippen molar-refractivity contribution >= 4 is 5.97 Å². The fourth-order valence-electron chi connectivity index (χ4n) is 2.65. The highest BCUT2D eigenvalue weighted by Gasteiger charge is 2.38. The van der Waals surface area contributed by atoms with E-state index in [9.17, 15) is 13.2 Å². The Morgan fingerprint density at radius 3 is 2.62 bits per heavy atom. The van der Waals surface area contributed by atoms with Gasteiger partial charge in [0.15, 0.2) is 0 Å². The van der Waals surface area contributed by atoms with Gasteiger partial charge in [-0.25, -0.2) is 9.48 Å². The van der Waals surface area contributed by atoms with Crippen LogP contribution in [0.1, 0.15) is 17.0 Å². The number of aryl methyl sites for hydroxylation is 1. The van der Waals surface area contributed by atoms with Crippen LogP contribution >= 0.6 is 0 Å². The molecule has 2 heterocycles. The maximum Gasteiger partial charge on any atom is 0.490 e. The number of carboxylic acid groups (broad SMARTS) is 1. The maximum atomic E-state index is 10.6. The highest BCUT2D eigenvalue weighted by Crippen LogP contribution is 2.15. The third kappa shape index (κ3) is 7.02. The average molecular weight is 416 g/mol. The number of aromatic nitrogens is 3. The van der Waals surface area contributed by atoms with E-state index in [0.717, 1.165) is 43.4 Å². The topological polar surface area (TPSA) is 98.5 Å². The summed E-state index contributed by atoms with van der Waals surface area (Å²) in [7, 11) is 1.68. The van der Waals surface area contributed by atoms with Gasteiger partial charge in [0.1, 0.15) is 5.75 Å². The van der Waals surface area contributed by atoms with E-state index in [1.807, 2.05) is 23.7 Å². The molecule has 0 bridgehead atoms. The minimum atomic E-state index is -5.08. The molecule has 1 aliphatic rings. The number of ether oxygens (including phenoxy) is 2. The Kier molecular flexibility index (Phi) is 7.97. The number of benzene rings is 1. The number of nitrogens with one attached hydrogen (secondary N) is 1. The maximum absolute atomic E-state index is 10.6. The summed E-state index contributed by atoms with van der Waals surface area (Å²) in [5, 5.41) is 18.9. The first-order valence-electron chi connectivity index (χ1n) is 8.81. The molecule has 0 radical (unpaired) electrons. The molecule has 3 rings (SSSR count). The van der Waals surface area contributed by atoms with E-state index >= 15 is 0 Å². The zero-order valence-corrected chi connectivity index (χ0v) is 16.1. The van der Waals surface area contributed by atoms with Gasteiger partial charge >= 0.3 is 12.1 Å². The molecule has 0 aliphatic carbocycles. The molecule has 1 atom stereocenters. The minimum Gasteiger partial charge on any atom is -0.497 e. The van der Waals surface area contributed by atoms with Gasteiger partial charge in [-0.2, -0.15) is 13.2 Å². The second kappa shape index (κ2) is 10.2. The number of aliphatic carboxylic acids is 1. The number of alkyl halides is 3. The van der Waals surface area contributed by atoms with Crippen molar-refractivity contribution in [3.8, 4) is 5.75 Å². The number of fused-ring (bicyclic) bond motifs is 1. The van der Waals surface area contributed by atoms with Crippen LogP contribution in [0.25, 0.3) is 0 Å². The summed E-state index contributed by atoms with van der Waals surface area (Å²) in [5.41, 5.74) is 3.30. The molecule has 0 amide bonds. The first-order valence-corrected chi connectivity index (χ1v) is 8.81. The van der Waals surface area contributed by atoms with Crippen molar-refractivity contribution < 1.29 is 32.5 Å². The summed E-state index contributed by atoms with van der Waals surface area (Å²) in [6, 6.07) is 8.12. The van der Waals surface area contributed by atoms with Crippen molar-refractivity contribution in [2.45, 2.75) is 32.8 Å². The molecule has 29 heavy (non-hydrogen) atoms. The van der Waals surface area contributed by atoms with E-state index in [2.05, 4.69) is 27.8 Å². The molecular weight excluding hydrogens is 393 g/mol. The summed E-state index contributed by atoms with van der Waals surface area (Å²) in [5.74, 6) is -1.47. The monoisotopic (exact) mass is 416 g/mol. The summed E-state index contributed by atoms with van der Waals surface area (Å²) >= 11 is 0. The van der Waals surface area contributed by atoms with Crippen LogP contribution < -0.4 is 10.1 Å². The Morgan fingerprint density at radius 1 is 1.38 bits per heavy atom. The molecule has 0 saturated heterocycles. The van der Waals surface area contributed by atoms with Crippen molar-refractivity contribution in [1.29, 1.82) is 0 Å². The molecule has 11 heteroatoms. The normalized spacial score (nSPS) is 16.2. The lowest BCUT2D eigenvalue weighted by Crippen LogP contribution is -2.28. The molecule has 1 aromatic heterocycles. The zero-order chi connectivity index (χ0) is 21.4. The van der Waals surface area contributed by atoms with Crippen LogP contribution in [0.4, 0.5) is 13.2 Å². The van der Waals surface area contributed by atoms with Gasteiger partial charge in [-0.3, -0.25) is 0 Å². The lowest BCUT2D eigenvalue weighted by Gasteiger charge is -2.15. The van der Waals surface area contributed by atoms with Gasteiger partial charge in [0.05, 0.1) is 31.7 Å². The summed E-state index contributed by atoms with van der Waals surface area (Å²) in [6.45, 7) is 5.91. The lowest BCUT2D eigenvalue weighted by atomic mass is 10.1. The van der Waals surface area contributed by atoms with Crippen LogP contribution in [-0.2, 0) is 29.2 Å². The number of rotatable bonds is 5. The standard InChI is InChI=1S/C16H22N4O2.C2HF3O2/c1-12-16-11-22-10-14(9-20(16)19-18-12)8-17-7-13-3-5-15(21-2)6-4-13;3-2(4,5)1(6)7/h3-6,14,17H,7-11H2,1-2H3;(H,6,7). The third-order valence-electron chi connectivity index (χ3n) is 4.22.